The minimum atomic E-state index is 0.630. The van der Waals surface area contributed by atoms with Crippen LogP contribution in [0.4, 0.5) is 0 Å². The largest absolute Gasteiger partial charge is 0.307 e. The van der Waals surface area contributed by atoms with Crippen molar-refractivity contribution in [1.82, 2.24) is 24.5 Å². The molecule has 57 heavy (non-hydrogen) atoms. The highest BCUT2D eigenvalue weighted by Crippen LogP contribution is 2.41. The molecule has 5 nitrogen and oxygen atoms in total. The fourth-order valence-electron chi connectivity index (χ4n) is 8.13. The van der Waals surface area contributed by atoms with E-state index < -0.39 is 0 Å². The third-order valence-corrected chi connectivity index (χ3v) is 10.8. The van der Waals surface area contributed by atoms with Crippen LogP contribution in [0, 0.1) is 0 Å². The van der Waals surface area contributed by atoms with Crippen molar-refractivity contribution in [2.75, 3.05) is 0 Å². The molecule has 11 rings (SSSR count). The summed E-state index contributed by atoms with van der Waals surface area (Å²) in [5, 5.41) is 5.78. The molecule has 0 saturated carbocycles. The van der Waals surface area contributed by atoms with Gasteiger partial charge in [0.2, 0.25) is 0 Å². The highest BCUT2D eigenvalue weighted by atomic mass is 15.0. The molecule has 0 bridgehead atoms. The van der Waals surface area contributed by atoms with Gasteiger partial charge in [-0.3, -0.25) is 0 Å². The third kappa shape index (κ3) is 5.64. The van der Waals surface area contributed by atoms with E-state index in [1.54, 1.807) is 0 Å². The number of para-hydroxylation sites is 1. The van der Waals surface area contributed by atoms with E-state index in [0.29, 0.717) is 17.5 Å². The van der Waals surface area contributed by atoms with E-state index in [9.17, 15) is 0 Å². The molecule has 0 aliphatic rings. The number of nitrogens with zero attached hydrogens (tertiary/aromatic N) is 5. The van der Waals surface area contributed by atoms with Crippen LogP contribution in [0.5, 0.6) is 0 Å². The Morgan fingerprint density at radius 2 is 0.807 bits per heavy atom. The molecule has 0 fully saturated rings. The van der Waals surface area contributed by atoms with E-state index in [1.807, 2.05) is 60.7 Å². The lowest BCUT2D eigenvalue weighted by Crippen LogP contribution is -2.00. The maximum atomic E-state index is 5.53. The number of hydrogen-bond donors (Lipinski definition) is 0. The zero-order valence-corrected chi connectivity index (χ0v) is 30.8. The van der Waals surface area contributed by atoms with Crippen molar-refractivity contribution < 1.29 is 0 Å². The van der Waals surface area contributed by atoms with Gasteiger partial charge in [0, 0.05) is 49.5 Å². The molecular weight excluding hydrogens is 695 g/mol. The summed E-state index contributed by atoms with van der Waals surface area (Å²) in [6.45, 7) is 0. The van der Waals surface area contributed by atoms with Crippen molar-refractivity contribution in [3.05, 3.63) is 200 Å². The minimum absolute atomic E-state index is 0.630. The zero-order valence-electron chi connectivity index (χ0n) is 30.8. The highest BCUT2D eigenvalue weighted by Gasteiger charge is 2.20. The van der Waals surface area contributed by atoms with E-state index in [4.69, 9.17) is 19.9 Å². The Morgan fingerprint density at radius 3 is 1.47 bits per heavy atom. The first-order chi connectivity index (χ1) is 28.3. The SMILES string of the molecule is c1ccc(-c2nc(-c3ccccc3)nc(-c3cccc(-c4ccc5c(c4)c4ccc6c7ccccc7c(-c7ccccc7)nc6c4n5-c4ccccc4)c3)n2)cc1. The van der Waals surface area contributed by atoms with Gasteiger partial charge in [-0.1, -0.05) is 170 Å². The molecule has 3 heterocycles. The van der Waals surface area contributed by atoms with E-state index in [0.717, 1.165) is 82.9 Å². The summed E-state index contributed by atoms with van der Waals surface area (Å²) in [7, 11) is 0. The average Bonchev–Trinajstić information content (AvgIpc) is 3.64. The van der Waals surface area contributed by atoms with Crippen LogP contribution in [-0.2, 0) is 0 Å². The molecule has 0 atom stereocenters. The summed E-state index contributed by atoms with van der Waals surface area (Å²) in [5.74, 6) is 1.92. The molecule has 0 saturated heterocycles. The summed E-state index contributed by atoms with van der Waals surface area (Å²) < 4.78 is 2.38. The molecule has 0 aliphatic carbocycles. The molecule has 3 aromatic heterocycles. The Labute approximate surface area is 329 Å². The molecule has 0 N–H and O–H groups in total. The van der Waals surface area contributed by atoms with Crippen LogP contribution in [0.15, 0.2) is 200 Å². The number of aromatic nitrogens is 5. The van der Waals surface area contributed by atoms with Gasteiger partial charge in [-0.2, -0.15) is 0 Å². The molecule has 266 valence electrons. The smallest absolute Gasteiger partial charge is 0.164 e. The number of pyridine rings is 1. The minimum Gasteiger partial charge on any atom is -0.307 e. The lowest BCUT2D eigenvalue weighted by Gasteiger charge is -2.13. The summed E-state index contributed by atoms with van der Waals surface area (Å²) in [6, 6.07) is 69.8. The standard InChI is InChI=1S/C52H33N5/c1-5-16-34(17-6-1)47-42-27-14-13-26-41(42)43-29-30-44-45-33-38(28-31-46(45)57(49(44)48(43)53-47)40-24-11-4-12-25-40)37-22-15-23-39(32-37)52-55-50(35-18-7-2-8-19-35)54-51(56-52)36-20-9-3-10-21-36/h1-33H. The van der Waals surface area contributed by atoms with Crippen molar-refractivity contribution in [2.45, 2.75) is 0 Å². The topological polar surface area (TPSA) is 56.5 Å². The summed E-state index contributed by atoms with van der Waals surface area (Å²) >= 11 is 0. The Bertz CT molecular complexity index is 3210. The van der Waals surface area contributed by atoms with E-state index >= 15 is 0 Å². The van der Waals surface area contributed by atoms with Gasteiger partial charge < -0.3 is 4.57 Å². The summed E-state index contributed by atoms with van der Waals surface area (Å²) in [6.07, 6.45) is 0. The maximum absolute atomic E-state index is 5.53. The van der Waals surface area contributed by atoms with Crippen LogP contribution in [-0.4, -0.2) is 24.5 Å². The molecule has 5 heteroatoms. The lowest BCUT2D eigenvalue weighted by molar-refractivity contribution is 1.07. The van der Waals surface area contributed by atoms with Gasteiger partial charge in [0.1, 0.15) is 0 Å². The van der Waals surface area contributed by atoms with Crippen molar-refractivity contribution in [2.24, 2.45) is 0 Å². The van der Waals surface area contributed by atoms with Crippen LogP contribution < -0.4 is 0 Å². The highest BCUT2D eigenvalue weighted by molar-refractivity contribution is 6.23. The zero-order chi connectivity index (χ0) is 37.7. The van der Waals surface area contributed by atoms with Crippen LogP contribution in [0.25, 0.3) is 106 Å². The normalized spacial score (nSPS) is 11.5. The lowest BCUT2D eigenvalue weighted by atomic mass is 9.98. The fourth-order valence-corrected chi connectivity index (χ4v) is 8.13. The summed E-state index contributed by atoms with van der Waals surface area (Å²) in [4.78, 5) is 20.4. The quantitative estimate of drug-likeness (QED) is 0.160. The predicted molar refractivity (Wildman–Crippen MR) is 234 cm³/mol. The molecule has 0 unspecified atom stereocenters. The number of hydrogen-bond acceptors (Lipinski definition) is 4. The van der Waals surface area contributed by atoms with Crippen LogP contribution in [0.2, 0.25) is 0 Å². The number of fused-ring (bicyclic) bond motifs is 7. The number of benzene rings is 8. The van der Waals surface area contributed by atoms with Crippen LogP contribution in [0.1, 0.15) is 0 Å². The van der Waals surface area contributed by atoms with Gasteiger partial charge in [0.25, 0.3) is 0 Å². The van der Waals surface area contributed by atoms with Gasteiger partial charge in [-0.15, -0.1) is 0 Å². The first kappa shape index (κ1) is 32.7. The second-order valence-corrected chi connectivity index (χ2v) is 14.3. The van der Waals surface area contributed by atoms with E-state index in [1.165, 1.54) is 5.39 Å². The van der Waals surface area contributed by atoms with Gasteiger partial charge in [-0.25, -0.2) is 19.9 Å². The molecular formula is C52H33N5. The van der Waals surface area contributed by atoms with Gasteiger partial charge in [0.15, 0.2) is 17.5 Å². The van der Waals surface area contributed by atoms with E-state index in [-0.39, 0.29) is 0 Å². The van der Waals surface area contributed by atoms with Gasteiger partial charge in [0.05, 0.1) is 22.2 Å². The molecule has 0 aliphatic heterocycles. The number of rotatable bonds is 6. The summed E-state index contributed by atoms with van der Waals surface area (Å²) in [5.41, 5.74) is 11.4. The second kappa shape index (κ2) is 13.5. The monoisotopic (exact) mass is 727 g/mol. The van der Waals surface area contributed by atoms with Gasteiger partial charge >= 0.3 is 0 Å². The second-order valence-electron chi connectivity index (χ2n) is 14.3. The molecule has 11 aromatic rings. The van der Waals surface area contributed by atoms with E-state index in [2.05, 4.69) is 144 Å². The third-order valence-electron chi connectivity index (χ3n) is 10.8. The Hall–Kier alpha value is -7.76. The Morgan fingerprint density at radius 1 is 0.298 bits per heavy atom. The molecule has 0 amide bonds. The Kier molecular flexibility index (Phi) is 7.74. The van der Waals surface area contributed by atoms with Gasteiger partial charge in [-0.05, 0) is 46.8 Å². The fraction of sp³-hybridized carbons (Fsp3) is 0. The average molecular weight is 728 g/mol. The molecule has 0 radical (unpaired) electrons. The van der Waals surface area contributed by atoms with Crippen molar-refractivity contribution in [3.63, 3.8) is 0 Å². The van der Waals surface area contributed by atoms with Crippen LogP contribution in [0.3, 0.4) is 0 Å². The van der Waals surface area contributed by atoms with Crippen molar-refractivity contribution in [3.8, 4) is 62.2 Å². The predicted octanol–water partition coefficient (Wildman–Crippen LogP) is 13.0. The first-order valence-electron chi connectivity index (χ1n) is 19.1. The van der Waals surface area contributed by atoms with Crippen LogP contribution >= 0.6 is 0 Å². The van der Waals surface area contributed by atoms with Crippen molar-refractivity contribution >= 4 is 43.5 Å². The first-order valence-corrected chi connectivity index (χ1v) is 19.1. The molecule has 8 aromatic carbocycles. The Balaban J connectivity index is 1.12. The maximum Gasteiger partial charge on any atom is 0.164 e. The van der Waals surface area contributed by atoms with Crippen molar-refractivity contribution in [1.29, 1.82) is 0 Å². The molecule has 0 spiro atoms.